The number of amides is 1. The first-order chi connectivity index (χ1) is 15.3. The van der Waals surface area contributed by atoms with E-state index in [1.807, 2.05) is 50.2 Å². The van der Waals surface area contributed by atoms with E-state index in [9.17, 15) is 13.2 Å². The summed E-state index contributed by atoms with van der Waals surface area (Å²) in [6.07, 6.45) is 2.13. The molecule has 8 heteroatoms. The second-order valence-corrected chi connectivity index (χ2v) is 9.93. The van der Waals surface area contributed by atoms with Gasteiger partial charge in [0, 0.05) is 4.47 Å². The molecule has 0 spiro atoms. The Morgan fingerprint density at radius 3 is 2.47 bits per heavy atom. The monoisotopic (exact) mass is 513 g/mol. The molecule has 0 radical (unpaired) electrons. The van der Waals surface area contributed by atoms with Gasteiger partial charge in [0.1, 0.15) is 6.54 Å². The third-order valence-electron chi connectivity index (χ3n) is 4.79. The average molecular weight is 514 g/mol. The number of anilines is 1. The van der Waals surface area contributed by atoms with Crippen LogP contribution in [-0.4, -0.2) is 27.1 Å². The Bertz CT molecular complexity index is 1230. The van der Waals surface area contributed by atoms with Gasteiger partial charge in [-0.25, -0.2) is 13.8 Å². The van der Waals surface area contributed by atoms with E-state index in [2.05, 4.69) is 26.5 Å². The van der Waals surface area contributed by atoms with Gasteiger partial charge in [-0.2, -0.15) is 5.10 Å². The second-order valence-electron chi connectivity index (χ2n) is 7.16. The molecular formula is C24H24BrN3O3S. The van der Waals surface area contributed by atoms with E-state index in [0.717, 1.165) is 25.5 Å². The predicted octanol–water partition coefficient (Wildman–Crippen LogP) is 4.67. The number of rotatable bonds is 8. The van der Waals surface area contributed by atoms with Gasteiger partial charge in [-0.3, -0.25) is 9.10 Å². The van der Waals surface area contributed by atoms with Crippen molar-refractivity contribution in [2.24, 2.45) is 5.10 Å². The molecule has 0 atom stereocenters. The van der Waals surface area contributed by atoms with Gasteiger partial charge in [-0.05, 0) is 54.8 Å². The first-order valence-corrected chi connectivity index (χ1v) is 12.3. The van der Waals surface area contributed by atoms with Gasteiger partial charge in [0.15, 0.2) is 0 Å². The molecule has 0 unspecified atom stereocenters. The van der Waals surface area contributed by atoms with E-state index in [0.29, 0.717) is 12.1 Å². The average Bonchev–Trinajstić information content (AvgIpc) is 2.78. The Hall–Kier alpha value is -2.97. The summed E-state index contributed by atoms with van der Waals surface area (Å²) >= 11 is 3.38. The van der Waals surface area contributed by atoms with Crippen molar-refractivity contribution in [3.05, 3.63) is 94.0 Å². The number of nitrogens with one attached hydrogen (secondary N) is 1. The van der Waals surface area contributed by atoms with E-state index < -0.39 is 22.5 Å². The molecule has 1 N–H and O–H groups in total. The Balaban J connectivity index is 1.89. The summed E-state index contributed by atoms with van der Waals surface area (Å²) in [4.78, 5) is 12.8. The molecule has 1 amide bonds. The van der Waals surface area contributed by atoms with Crippen LogP contribution in [0.1, 0.15) is 23.6 Å². The summed E-state index contributed by atoms with van der Waals surface area (Å²) in [6, 6.07) is 21.2. The lowest BCUT2D eigenvalue weighted by atomic mass is 10.1. The quantitative estimate of drug-likeness (QED) is 0.351. The summed E-state index contributed by atoms with van der Waals surface area (Å²) in [5.74, 6) is -0.544. The normalized spacial score (nSPS) is 11.5. The zero-order valence-electron chi connectivity index (χ0n) is 17.8. The van der Waals surface area contributed by atoms with Crippen LogP contribution in [0.4, 0.5) is 5.69 Å². The molecule has 0 heterocycles. The molecule has 0 aliphatic heterocycles. The lowest BCUT2D eigenvalue weighted by Crippen LogP contribution is -2.40. The van der Waals surface area contributed by atoms with Crippen molar-refractivity contribution in [1.29, 1.82) is 0 Å². The zero-order chi connectivity index (χ0) is 23.1. The van der Waals surface area contributed by atoms with Crippen LogP contribution in [0.15, 0.2) is 87.3 Å². The van der Waals surface area contributed by atoms with Crippen LogP contribution in [0.3, 0.4) is 0 Å². The molecule has 0 aromatic heterocycles. The highest BCUT2D eigenvalue weighted by Gasteiger charge is 2.28. The topological polar surface area (TPSA) is 78.8 Å². The maximum Gasteiger partial charge on any atom is 0.264 e. The maximum atomic E-state index is 13.5. The Labute approximate surface area is 197 Å². The third kappa shape index (κ3) is 5.83. The third-order valence-corrected chi connectivity index (χ3v) is 7.06. The fraction of sp³-hybridized carbons (Fsp3) is 0.167. The molecule has 0 fully saturated rings. The molecule has 0 saturated carbocycles. The number of carbonyl (C=O) groups excluding carboxylic acids is 1. The SMILES string of the molecule is CCc1ccccc1N(CC(=O)N/N=C\c1cccc(Br)c1)S(=O)(=O)c1ccc(C)cc1. The van der Waals surface area contributed by atoms with Crippen molar-refractivity contribution in [1.82, 2.24) is 5.43 Å². The van der Waals surface area contributed by atoms with Crippen molar-refractivity contribution in [3.8, 4) is 0 Å². The standard InChI is InChI=1S/C24H24BrN3O3S/c1-3-20-8-4-5-10-23(20)28(32(30,31)22-13-11-18(2)12-14-22)17-24(29)27-26-16-19-7-6-9-21(25)15-19/h4-16H,3,17H2,1-2H3,(H,27,29)/b26-16-. The number of nitrogens with zero attached hydrogens (tertiary/aromatic N) is 2. The summed E-state index contributed by atoms with van der Waals surface area (Å²) in [5, 5.41) is 3.97. The first kappa shape index (κ1) is 23.7. The highest BCUT2D eigenvalue weighted by Crippen LogP contribution is 2.27. The molecule has 0 bridgehead atoms. The number of aryl methyl sites for hydroxylation is 2. The lowest BCUT2D eigenvalue weighted by molar-refractivity contribution is -0.119. The van der Waals surface area contributed by atoms with E-state index >= 15 is 0 Å². The van der Waals surface area contributed by atoms with Crippen molar-refractivity contribution in [2.75, 3.05) is 10.8 Å². The van der Waals surface area contributed by atoms with Gasteiger partial charge in [-0.1, -0.05) is 70.9 Å². The van der Waals surface area contributed by atoms with Crippen LogP contribution in [0.25, 0.3) is 0 Å². The Morgan fingerprint density at radius 1 is 1.06 bits per heavy atom. The molecule has 6 nitrogen and oxygen atoms in total. The van der Waals surface area contributed by atoms with Crippen LogP contribution in [0.5, 0.6) is 0 Å². The number of sulfonamides is 1. The largest absolute Gasteiger partial charge is 0.271 e. The maximum absolute atomic E-state index is 13.5. The van der Waals surface area contributed by atoms with Crippen molar-refractivity contribution >= 4 is 43.8 Å². The van der Waals surface area contributed by atoms with Crippen molar-refractivity contribution in [2.45, 2.75) is 25.2 Å². The molecule has 0 aliphatic carbocycles. The lowest BCUT2D eigenvalue weighted by Gasteiger charge is -2.25. The summed E-state index contributed by atoms with van der Waals surface area (Å²) in [5.41, 5.74) is 5.47. The zero-order valence-corrected chi connectivity index (χ0v) is 20.2. The van der Waals surface area contributed by atoms with Crippen LogP contribution >= 0.6 is 15.9 Å². The summed E-state index contributed by atoms with van der Waals surface area (Å²) in [7, 11) is -3.97. The van der Waals surface area contributed by atoms with E-state index in [1.165, 1.54) is 6.21 Å². The second kappa shape index (κ2) is 10.6. The Kier molecular flexibility index (Phi) is 7.82. The van der Waals surface area contributed by atoms with Crippen molar-refractivity contribution in [3.63, 3.8) is 0 Å². The van der Waals surface area contributed by atoms with Gasteiger partial charge >= 0.3 is 0 Å². The molecular weight excluding hydrogens is 490 g/mol. The molecule has 3 aromatic carbocycles. The number of carbonyl (C=O) groups is 1. The highest BCUT2D eigenvalue weighted by atomic mass is 79.9. The number of hydrogen-bond donors (Lipinski definition) is 1. The highest BCUT2D eigenvalue weighted by molar-refractivity contribution is 9.10. The molecule has 166 valence electrons. The van der Waals surface area contributed by atoms with Crippen molar-refractivity contribution < 1.29 is 13.2 Å². The fourth-order valence-corrected chi connectivity index (χ4v) is 5.00. The number of benzene rings is 3. The minimum atomic E-state index is -3.97. The number of hydrazone groups is 1. The summed E-state index contributed by atoms with van der Waals surface area (Å²) < 4.78 is 29.0. The minimum absolute atomic E-state index is 0.124. The van der Waals surface area contributed by atoms with Gasteiger partial charge in [-0.15, -0.1) is 0 Å². The molecule has 32 heavy (non-hydrogen) atoms. The van der Waals surface area contributed by atoms with Gasteiger partial charge in [0.2, 0.25) is 0 Å². The number of para-hydroxylation sites is 1. The van der Waals surface area contributed by atoms with Gasteiger partial charge in [0.25, 0.3) is 15.9 Å². The van der Waals surface area contributed by atoms with Crippen LogP contribution < -0.4 is 9.73 Å². The molecule has 3 rings (SSSR count). The van der Waals surface area contributed by atoms with E-state index in [1.54, 1.807) is 36.4 Å². The number of halogens is 1. The fourth-order valence-electron chi connectivity index (χ4n) is 3.12. The Morgan fingerprint density at radius 2 is 1.78 bits per heavy atom. The predicted molar refractivity (Wildman–Crippen MR) is 131 cm³/mol. The molecule has 0 aliphatic rings. The van der Waals surface area contributed by atoms with Crippen LogP contribution in [-0.2, 0) is 21.2 Å². The minimum Gasteiger partial charge on any atom is -0.271 e. The molecule has 0 saturated heterocycles. The van der Waals surface area contributed by atoms with Crippen LogP contribution in [0.2, 0.25) is 0 Å². The smallest absolute Gasteiger partial charge is 0.264 e. The van der Waals surface area contributed by atoms with Gasteiger partial charge < -0.3 is 0 Å². The first-order valence-electron chi connectivity index (χ1n) is 10.1. The number of hydrogen-bond acceptors (Lipinski definition) is 4. The molecule has 3 aromatic rings. The van der Waals surface area contributed by atoms with Crippen LogP contribution in [0, 0.1) is 6.92 Å². The summed E-state index contributed by atoms with van der Waals surface area (Å²) in [6.45, 7) is 3.43. The van der Waals surface area contributed by atoms with E-state index in [-0.39, 0.29) is 4.90 Å². The van der Waals surface area contributed by atoms with E-state index in [4.69, 9.17) is 0 Å². The van der Waals surface area contributed by atoms with Gasteiger partial charge in [0.05, 0.1) is 16.8 Å².